The summed E-state index contributed by atoms with van der Waals surface area (Å²) in [7, 11) is 0. The molecule has 0 saturated heterocycles. The molecule has 0 amide bonds. The third kappa shape index (κ3) is 2.29. The lowest BCUT2D eigenvalue weighted by Crippen LogP contribution is -2.17. The number of rotatable bonds is 0. The Morgan fingerprint density at radius 3 is 2.10 bits per heavy atom. The van der Waals surface area contributed by atoms with Crippen LogP contribution in [-0.4, -0.2) is 16.6 Å². The smallest absolute Gasteiger partial charge is 0.142 e. The first kappa shape index (κ1) is 9.95. The van der Waals surface area contributed by atoms with E-state index in [2.05, 4.69) is 21.1 Å². The molecule has 3 heteroatoms. The highest BCUT2D eigenvalue weighted by Crippen LogP contribution is 2.17. The summed E-state index contributed by atoms with van der Waals surface area (Å²) in [6.07, 6.45) is 0.204. The van der Waals surface area contributed by atoms with Gasteiger partial charge in [-0.05, 0) is 13.8 Å². The van der Waals surface area contributed by atoms with Crippen molar-refractivity contribution in [3.8, 4) is 0 Å². The molecule has 0 aromatic rings. The Morgan fingerprint density at radius 1 is 1.50 bits per heavy atom. The van der Waals surface area contributed by atoms with Crippen LogP contribution >= 0.6 is 15.9 Å². The van der Waals surface area contributed by atoms with Gasteiger partial charge in [0.25, 0.3) is 0 Å². The highest BCUT2D eigenvalue weighted by Gasteiger charge is 2.24. The van der Waals surface area contributed by atoms with E-state index in [1.165, 1.54) is 0 Å². The van der Waals surface area contributed by atoms with Crippen LogP contribution in [0.3, 0.4) is 0 Å². The zero-order chi connectivity index (χ0) is 8.15. The maximum absolute atomic E-state index is 4.92. The zero-order valence-corrected chi connectivity index (χ0v) is 8.47. The SMILES string of the molecule is CC.CC1=NOC(C)C1Br. The Balaban J connectivity index is 0.000000371. The summed E-state index contributed by atoms with van der Waals surface area (Å²) in [6, 6.07) is 0. The Labute approximate surface area is 70.8 Å². The van der Waals surface area contributed by atoms with Gasteiger partial charge in [-0.15, -0.1) is 0 Å². The number of oxime groups is 1. The van der Waals surface area contributed by atoms with Gasteiger partial charge in [0.05, 0.1) is 10.5 Å². The van der Waals surface area contributed by atoms with E-state index in [4.69, 9.17) is 4.84 Å². The lowest BCUT2D eigenvalue weighted by Gasteiger charge is -2.02. The van der Waals surface area contributed by atoms with Crippen LogP contribution in [0.4, 0.5) is 0 Å². The number of hydrogen-bond acceptors (Lipinski definition) is 2. The molecule has 10 heavy (non-hydrogen) atoms. The van der Waals surface area contributed by atoms with Crippen LogP contribution in [0.2, 0.25) is 0 Å². The van der Waals surface area contributed by atoms with E-state index >= 15 is 0 Å². The molecule has 1 heterocycles. The molecular formula is C7H14BrNO. The quantitative estimate of drug-likeness (QED) is 0.560. The lowest BCUT2D eigenvalue weighted by atomic mass is 10.2. The van der Waals surface area contributed by atoms with Crippen molar-refractivity contribution >= 4 is 21.6 Å². The van der Waals surface area contributed by atoms with Crippen LogP contribution in [-0.2, 0) is 4.84 Å². The Bertz CT molecular complexity index is 125. The lowest BCUT2D eigenvalue weighted by molar-refractivity contribution is 0.103. The second-order valence-corrected chi connectivity index (χ2v) is 2.93. The molecule has 0 saturated carbocycles. The third-order valence-electron chi connectivity index (χ3n) is 1.17. The predicted octanol–water partition coefficient (Wildman–Crippen LogP) is 2.57. The van der Waals surface area contributed by atoms with Crippen LogP contribution in [0.5, 0.6) is 0 Å². The molecule has 60 valence electrons. The van der Waals surface area contributed by atoms with E-state index in [1.54, 1.807) is 0 Å². The van der Waals surface area contributed by atoms with Crippen molar-refractivity contribution < 1.29 is 4.84 Å². The van der Waals surface area contributed by atoms with Crippen molar-refractivity contribution in [3.05, 3.63) is 0 Å². The molecule has 2 unspecified atom stereocenters. The van der Waals surface area contributed by atoms with Crippen LogP contribution in [0, 0.1) is 0 Å². The number of alkyl halides is 1. The molecule has 0 radical (unpaired) electrons. The summed E-state index contributed by atoms with van der Waals surface area (Å²) in [4.78, 5) is 5.24. The zero-order valence-electron chi connectivity index (χ0n) is 6.89. The van der Waals surface area contributed by atoms with Crippen LogP contribution < -0.4 is 0 Å². The van der Waals surface area contributed by atoms with Crippen LogP contribution in [0.15, 0.2) is 5.16 Å². The standard InChI is InChI=1S/C5H8BrNO.C2H6/c1-3-5(6)4(2)8-7-3;1-2/h4-5H,1-2H3;1-2H3. The maximum Gasteiger partial charge on any atom is 0.142 e. The minimum Gasteiger partial charge on any atom is -0.391 e. The second-order valence-electron chi connectivity index (χ2n) is 1.94. The molecule has 0 aromatic heterocycles. The van der Waals surface area contributed by atoms with E-state index in [-0.39, 0.29) is 6.10 Å². The number of halogens is 1. The molecule has 0 aromatic carbocycles. The highest BCUT2D eigenvalue weighted by atomic mass is 79.9. The van der Waals surface area contributed by atoms with Crippen molar-refractivity contribution in [1.82, 2.24) is 0 Å². The molecule has 0 aliphatic carbocycles. The van der Waals surface area contributed by atoms with Gasteiger partial charge in [0.2, 0.25) is 0 Å². The van der Waals surface area contributed by atoms with Crippen LogP contribution in [0.25, 0.3) is 0 Å². The van der Waals surface area contributed by atoms with E-state index in [0.717, 1.165) is 5.71 Å². The first-order valence-electron chi connectivity index (χ1n) is 3.56. The van der Waals surface area contributed by atoms with Gasteiger partial charge in [0, 0.05) is 0 Å². The normalized spacial score (nSPS) is 29.9. The van der Waals surface area contributed by atoms with Crippen molar-refractivity contribution in [2.24, 2.45) is 5.16 Å². The topological polar surface area (TPSA) is 21.6 Å². The first-order chi connectivity index (χ1) is 4.72. The molecule has 1 aliphatic rings. The fourth-order valence-corrected chi connectivity index (χ4v) is 0.790. The largest absolute Gasteiger partial charge is 0.391 e. The fourth-order valence-electron chi connectivity index (χ4n) is 0.610. The molecule has 1 aliphatic heterocycles. The van der Waals surface area contributed by atoms with E-state index in [0.29, 0.717) is 4.83 Å². The summed E-state index contributed by atoms with van der Waals surface area (Å²) < 4.78 is 0. The van der Waals surface area contributed by atoms with Crippen LogP contribution in [0.1, 0.15) is 27.7 Å². The molecule has 0 spiro atoms. The Morgan fingerprint density at radius 2 is 2.00 bits per heavy atom. The van der Waals surface area contributed by atoms with Gasteiger partial charge >= 0.3 is 0 Å². The van der Waals surface area contributed by atoms with Crippen molar-refractivity contribution in [2.45, 2.75) is 38.6 Å². The third-order valence-corrected chi connectivity index (χ3v) is 2.58. The van der Waals surface area contributed by atoms with Gasteiger partial charge in [0.15, 0.2) is 0 Å². The fraction of sp³-hybridized carbons (Fsp3) is 0.857. The average molecular weight is 208 g/mol. The first-order valence-corrected chi connectivity index (χ1v) is 4.48. The van der Waals surface area contributed by atoms with Crippen molar-refractivity contribution in [3.63, 3.8) is 0 Å². The molecular weight excluding hydrogens is 194 g/mol. The van der Waals surface area contributed by atoms with Gasteiger partial charge in [-0.2, -0.15) is 0 Å². The monoisotopic (exact) mass is 207 g/mol. The van der Waals surface area contributed by atoms with Gasteiger partial charge in [-0.1, -0.05) is 34.9 Å². The van der Waals surface area contributed by atoms with Crippen molar-refractivity contribution in [2.75, 3.05) is 0 Å². The molecule has 2 nitrogen and oxygen atoms in total. The van der Waals surface area contributed by atoms with E-state index in [1.807, 2.05) is 27.7 Å². The molecule has 0 bridgehead atoms. The Kier molecular flexibility index (Phi) is 4.69. The Hall–Kier alpha value is -0.0500. The maximum atomic E-state index is 4.92. The second kappa shape index (κ2) is 4.72. The minimum absolute atomic E-state index is 0.204. The average Bonchev–Trinajstić information content (AvgIpc) is 2.25. The van der Waals surface area contributed by atoms with Gasteiger partial charge in [-0.3, -0.25) is 0 Å². The summed E-state index contributed by atoms with van der Waals surface area (Å²) in [5.41, 5.74) is 1.03. The summed E-state index contributed by atoms with van der Waals surface area (Å²) in [5, 5.41) is 3.77. The van der Waals surface area contributed by atoms with E-state index < -0.39 is 0 Å². The van der Waals surface area contributed by atoms with Crippen molar-refractivity contribution in [1.29, 1.82) is 0 Å². The minimum atomic E-state index is 0.204. The highest BCUT2D eigenvalue weighted by molar-refractivity contribution is 9.10. The molecule has 1 rings (SSSR count). The summed E-state index contributed by atoms with van der Waals surface area (Å²) in [5.74, 6) is 0. The summed E-state index contributed by atoms with van der Waals surface area (Å²) in [6.45, 7) is 7.93. The molecule has 2 atom stereocenters. The predicted molar refractivity (Wildman–Crippen MR) is 47.7 cm³/mol. The number of hydrogen-bond donors (Lipinski definition) is 0. The van der Waals surface area contributed by atoms with Gasteiger partial charge in [-0.25, -0.2) is 0 Å². The van der Waals surface area contributed by atoms with E-state index in [9.17, 15) is 0 Å². The summed E-state index contributed by atoms with van der Waals surface area (Å²) >= 11 is 3.41. The van der Waals surface area contributed by atoms with Gasteiger partial charge < -0.3 is 4.84 Å². The molecule has 0 fully saturated rings. The molecule has 0 N–H and O–H groups in total. The van der Waals surface area contributed by atoms with Gasteiger partial charge in [0.1, 0.15) is 6.10 Å². The number of nitrogens with zero attached hydrogens (tertiary/aromatic N) is 1.